The zero-order chi connectivity index (χ0) is 35.8. The number of aryl methyl sites for hydroxylation is 1. The second kappa shape index (κ2) is 17.1. The second-order valence-corrected chi connectivity index (χ2v) is 12.3. The van der Waals surface area contributed by atoms with Crippen LogP contribution in [-0.4, -0.2) is 121 Å². The average molecular weight is 696 g/mol. The number of carbonyl (C=O) groups is 2. The van der Waals surface area contributed by atoms with Gasteiger partial charge in [0.05, 0.1) is 31.0 Å². The van der Waals surface area contributed by atoms with Gasteiger partial charge in [-0.25, -0.2) is 9.55 Å². The molecule has 0 fully saturated rings. The molecule has 10 N–H and O–H groups in total. The Morgan fingerprint density at radius 2 is 1.85 bits per heavy atom. The Balaban J connectivity index is 0.000000408. The SMILES string of the molecule is CNC[C@H](O)[C@@H](O)[C@H](O)[C@H](O)CO.Cc1c(CN(C)C(=O)/C=C/c2cnc3c(c2)N[C@H](C)[C@H](OP(=O)(O)O)C(=O)N3)oc2ccccc12. The Bertz CT molecular complexity index is 1630. The van der Waals surface area contributed by atoms with Crippen molar-refractivity contribution in [3.8, 4) is 0 Å². The van der Waals surface area contributed by atoms with Crippen LogP contribution >= 0.6 is 7.82 Å². The van der Waals surface area contributed by atoms with Crippen LogP contribution in [0.5, 0.6) is 0 Å². The number of hydrogen-bond donors (Lipinski definition) is 10. The number of furan rings is 1. The van der Waals surface area contributed by atoms with E-state index in [1.54, 1.807) is 33.2 Å². The highest BCUT2D eigenvalue weighted by molar-refractivity contribution is 7.46. The number of benzene rings is 1. The van der Waals surface area contributed by atoms with E-state index in [9.17, 15) is 19.3 Å². The van der Waals surface area contributed by atoms with Gasteiger partial charge in [-0.2, -0.15) is 0 Å². The quantitative estimate of drug-likeness (QED) is 0.0860. The number of hydrogen-bond acceptors (Lipinski definition) is 13. The topological polar surface area (TPSA) is 267 Å². The lowest BCUT2D eigenvalue weighted by Gasteiger charge is -2.25. The molecule has 3 heterocycles. The summed E-state index contributed by atoms with van der Waals surface area (Å²) in [7, 11) is -1.63. The number of aliphatic hydroxyl groups is 5. The van der Waals surface area contributed by atoms with Crippen molar-refractivity contribution in [3.05, 3.63) is 59.5 Å². The Morgan fingerprint density at radius 1 is 1.19 bits per heavy atom. The van der Waals surface area contributed by atoms with Crippen LogP contribution in [0.2, 0.25) is 0 Å². The number of carbonyl (C=O) groups excluding carboxylic acids is 2. The van der Waals surface area contributed by atoms with Gasteiger partial charge in [0.25, 0.3) is 5.91 Å². The number of likely N-dealkylation sites (N-methyl/N-ethyl adjacent to an activating group) is 2. The molecule has 3 aromatic rings. The zero-order valence-corrected chi connectivity index (χ0v) is 27.6. The number of pyridine rings is 1. The number of amides is 2. The first kappa shape index (κ1) is 38.7. The summed E-state index contributed by atoms with van der Waals surface area (Å²) in [4.78, 5) is 48.9. The third kappa shape index (κ3) is 10.4. The molecule has 1 aromatic carbocycles. The van der Waals surface area contributed by atoms with Crippen molar-refractivity contribution in [1.82, 2.24) is 15.2 Å². The Morgan fingerprint density at radius 3 is 2.48 bits per heavy atom. The number of phosphoric acid groups is 1. The molecule has 0 spiro atoms. The molecule has 0 saturated heterocycles. The van der Waals surface area contributed by atoms with E-state index in [1.807, 2.05) is 31.2 Å². The number of rotatable bonds is 12. The maximum Gasteiger partial charge on any atom is 0.470 e. The third-order valence-electron chi connectivity index (χ3n) is 7.35. The van der Waals surface area contributed by atoms with Gasteiger partial charge >= 0.3 is 7.82 Å². The highest BCUT2D eigenvalue weighted by atomic mass is 31.2. The van der Waals surface area contributed by atoms with E-state index in [4.69, 9.17) is 34.6 Å². The molecule has 4 rings (SSSR count). The van der Waals surface area contributed by atoms with Gasteiger partial charge in [0.2, 0.25) is 5.91 Å². The van der Waals surface area contributed by atoms with Gasteiger partial charge in [-0.15, -0.1) is 0 Å². The monoisotopic (exact) mass is 695 g/mol. The van der Waals surface area contributed by atoms with E-state index in [0.717, 1.165) is 16.5 Å². The van der Waals surface area contributed by atoms with Crippen molar-refractivity contribution in [2.45, 2.75) is 57.0 Å². The van der Waals surface area contributed by atoms with E-state index < -0.39 is 56.9 Å². The van der Waals surface area contributed by atoms with Crippen LogP contribution in [0.1, 0.15) is 23.8 Å². The standard InChI is InChI=1S/C23H25N4O7P.C7H17NO5/c1-13-16-6-4-5-7-18(16)33-19(13)12-27(3)20(28)9-8-15-10-17-22(24-11-15)26-23(29)21(14(2)25-17)34-35(30,31)32;1-8-2-4(10)6(12)7(13)5(11)3-9/h4-11,14,21,25H,12H2,1-3H3,(H,24,26,29)(H2,30,31,32);4-13H,2-3H2,1H3/b9-8+;/t14-,21+;4-,5+,6+,7+/m10/s1. The minimum Gasteiger partial charge on any atom is -0.459 e. The van der Waals surface area contributed by atoms with Crippen molar-refractivity contribution >= 4 is 48.2 Å². The van der Waals surface area contributed by atoms with Gasteiger partial charge in [-0.1, -0.05) is 18.2 Å². The molecule has 0 bridgehead atoms. The molecule has 48 heavy (non-hydrogen) atoms. The second-order valence-electron chi connectivity index (χ2n) is 11.1. The Labute approximate surface area is 276 Å². The maximum atomic E-state index is 12.7. The van der Waals surface area contributed by atoms with Crippen molar-refractivity contribution in [2.24, 2.45) is 0 Å². The van der Waals surface area contributed by atoms with E-state index >= 15 is 0 Å². The first-order valence-electron chi connectivity index (χ1n) is 14.8. The van der Waals surface area contributed by atoms with Crippen molar-refractivity contribution in [2.75, 3.05) is 37.9 Å². The molecule has 1 aliphatic rings. The van der Waals surface area contributed by atoms with Crippen molar-refractivity contribution in [3.63, 3.8) is 0 Å². The Hall–Kier alpha value is -3.74. The zero-order valence-electron chi connectivity index (χ0n) is 26.7. The lowest BCUT2D eigenvalue weighted by atomic mass is 10.0. The van der Waals surface area contributed by atoms with Crippen LogP contribution < -0.4 is 16.0 Å². The van der Waals surface area contributed by atoms with E-state index in [1.165, 1.54) is 17.2 Å². The van der Waals surface area contributed by atoms with Gasteiger partial charge in [0.1, 0.15) is 29.7 Å². The van der Waals surface area contributed by atoms with Crippen LogP contribution in [0.3, 0.4) is 0 Å². The number of aliphatic hydroxyl groups excluding tert-OH is 5. The summed E-state index contributed by atoms with van der Waals surface area (Å²) in [5.74, 6) is -0.0899. The summed E-state index contributed by atoms with van der Waals surface area (Å²) in [6, 6.07) is 8.59. The molecule has 0 saturated carbocycles. The van der Waals surface area contributed by atoms with Crippen LogP contribution in [0.25, 0.3) is 17.0 Å². The molecular weight excluding hydrogens is 653 g/mol. The normalized spacial score (nSPS) is 18.9. The van der Waals surface area contributed by atoms with Gasteiger partial charge in [0.15, 0.2) is 11.9 Å². The van der Waals surface area contributed by atoms with Gasteiger partial charge in [0, 0.05) is 36.8 Å². The number of nitrogens with zero attached hydrogens (tertiary/aromatic N) is 2. The lowest BCUT2D eigenvalue weighted by molar-refractivity contribution is -0.125. The first-order chi connectivity index (χ1) is 22.6. The largest absolute Gasteiger partial charge is 0.470 e. The lowest BCUT2D eigenvalue weighted by Crippen LogP contribution is -2.48. The predicted molar refractivity (Wildman–Crippen MR) is 174 cm³/mol. The minimum atomic E-state index is -4.88. The van der Waals surface area contributed by atoms with E-state index in [-0.39, 0.29) is 18.3 Å². The summed E-state index contributed by atoms with van der Waals surface area (Å²) < 4.78 is 21.7. The fourth-order valence-electron chi connectivity index (χ4n) is 4.66. The molecule has 17 nitrogen and oxygen atoms in total. The highest BCUT2D eigenvalue weighted by Crippen LogP contribution is 2.40. The molecule has 0 aliphatic carbocycles. The number of fused-ring (bicyclic) bond motifs is 2. The summed E-state index contributed by atoms with van der Waals surface area (Å²) in [5, 5.41) is 53.9. The number of para-hydroxylation sites is 1. The molecule has 6 atom stereocenters. The molecule has 264 valence electrons. The molecular formula is C30H42N5O12P. The maximum absolute atomic E-state index is 12.7. The average Bonchev–Trinajstić information content (AvgIpc) is 3.30. The molecule has 2 aromatic heterocycles. The summed E-state index contributed by atoms with van der Waals surface area (Å²) in [6.07, 6.45) is -2.63. The number of aromatic nitrogens is 1. The van der Waals surface area contributed by atoms with E-state index in [0.29, 0.717) is 23.6 Å². The van der Waals surface area contributed by atoms with Gasteiger partial charge in [-0.05, 0) is 44.7 Å². The number of nitrogens with one attached hydrogen (secondary N) is 3. The summed E-state index contributed by atoms with van der Waals surface area (Å²) in [6.45, 7) is 3.24. The van der Waals surface area contributed by atoms with Crippen LogP contribution in [0.15, 0.2) is 47.0 Å². The fourth-order valence-corrected chi connectivity index (χ4v) is 5.24. The molecule has 0 radical (unpaired) electrons. The van der Waals surface area contributed by atoms with E-state index in [2.05, 4.69) is 25.5 Å². The Kier molecular flexibility index (Phi) is 13.8. The molecule has 0 unspecified atom stereocenters. The van der Waals surface area contributed by atoms with Crippen LogP contribution in [0, 0.1) is 6.92 Å². The molecule has 1 aliphatic heterocycles. The summed E-state index contributed by atoms with van der Waals surface area (Å²) >= 11 is 0. The summed E-state index contributed by atoms with van der Waals surface area (Å²) in [5.41, 5.74) is 2.76. The number of anilines is 2. The first-order valence-corrected chi connectivity index (χ1v) is 16.3. The smallest absolute Gasteiger partial charge is 0.459 e. The van der Waals surface area contributed by atoms with Crippen molar-refractivity contribution in [1.29, 1.82) is 0 Å². The van der Waals surface area contributed by atoms with Crippen molar-refractivity contribution < 1.29 is 58.4 Å². The molecule has 18 heteroatoms. The predicted octanol–water partition coefficient (Wildman–Crippen LogP) is -0.320. The van der Waals surface area contributed by atoms with Gasteiger partial charge < -0.3 is 60.6 Å². The van der Waals surface area contributed by atoms with Crippen LogP contribution in [-0.2, 0) is 25.2 Å². The van der Waals surface area contributed by atoms with Gasteiger partial charge in [-0.3, -0.25) is 14.1 Å². The number of phosphoric ester groups is 1. The van der Waals surface area contributed by atoms with Crippen LogP contribution in [0.4, 0.5) is 11.5 Å². The highest BCUT2D eigenvalue weighted by Gasteiger charge is 2.36. The minimum absolute atomic E-state index is 0.0936. The third-order valence-corrected chi connectivity index (χ3v) is 7.86. The molecule has 2 amide bonds. The fraction of sp³-hybridized carbons (Fsp3) is 0.433.